The fourth-order valence-electron chi connectivity index (χ4n) is 3.25. The highest BCUT2D eigenvalue weighted by molar-refractivity contribution is 4.90. The topological polar surface area (TPSA) is 0 Å². The molecular weight excluding hydrogens is 201 g/mol. The van der Waals surface area contributed by atoms with Crippen molar-refractivity contribution in [2.24, 2.45) is 17.3 Å². The van der Waals surface area contributed by atoms with Crippen molar-refractivity contribution in [2.45, 2.75) is 59.1 Å². The van der Waals surface area contributed by atoms with Crippen LogP contribution in [0.2, 0.25) is 0 Å². The van der Waals surface area contributed by atoms with E-state index in [0.717, 1.165) is 32.1 Å². The second-order valence-corrected chi connectivity index (χ2v) is 5.48. The first-order chi connectivity index (χ1) is 6.77. The van der Waals surface area contributed by atoms with Gasteiger partial charge in [-0.05, 0) is 24.2 Å². The largest absolute Gasteiger partial charge is 0.392 e. The maximum atomic E-state index is 13.0. The fraction of sp³-hybridized carbons (Fsp3) is 1.00. The summed E-state index contributed by atoms with van der Waals surface area (Å²) in [7, 11) is 0. The Morgan fingerprint density at radius 2 is 1.47 bits per heavy atom. The van der Waals surface area contributed by atoms with Crippen molar-refractivity contribution < 1.29 is 13.2 Å². The molecule has 0 amide bonds. The van der Waals surface area contributed by atoms with Crippen LogP contribution in [-0.4, -0.2) is 6.18 Å². The average Bonchev–Trinajstić information content (AvgIpc) is 2.00. The molecule has 1 fully saturated rings. The Labute approximate surface area is 90.2 Å². The zero-order valence-electron chi connectivity index (χ0n) is 9.82. The maximum Gasteiger partial charge on any atom is 0.392 e. The first-order valence-electron chi connectivity index (χ1n) is 5.84. The van der Waals surface area contributed by atoms with Crippen molar-refractivity contribution in [3.05, 3.63) is 0 Å². The molecule has 0 bridgehead atoms. The van der Waals surface area contributed by atoms with Crippen LogP contribution in [-0.2, 0) is 0 Å². The molecule has 1 rings (SSSR count). The smallest absolute Gasteiger partial charge is 0.171 e. The van der Waals surface area contributed by atoms with Gasteiger partial charge in [-0.3, -0.25) is 0 Å². The predicted molar refractivity (Wildman–Crippen MR) is 55.6 cm³/mol. The van der Waals surface area contributed by atoms with E-state index in [0.29, 0.717) is 0 Å². The Morgan fingerprint density at radius 3 is 1.80 bits per heavy atom. The standard InChI is InChI=1S/C12H21F3/c1-9(2)10(12(13,14)15)11(3)7-5-4-6-8-11/h9-10H,4-8H2,1-3H3. The summed E-state index contributed by atoms with van der Waals surface area (Å²) in [6.07, 6.45) is 0.425. The highest BCUT2D eigenvalue weighted by Gasteiger charge is 2.52. The van der Waals surface area contributed by atoms with E-state index in [9.17, 15) is 13.2 Å². The Balaban J connectivity index is 2.87. The van der Waals surface area contributed by atoms with Crippen LogP contribution in [0.5, 0.6) is 0 Å². The molecule has 0 saturated heterocycles. The summed E-state index contributed by atoms with van der Waals surface area (Å²) < 4.78 is 39.0. The fourth-order valence-corrected chi connectivity index (χ4v) is 3.25. The summed E-state index contributed by atoms with van der Waals surface area (Å²) in [5, 5.41) is 0. The first kappa shape index (κ1) is 12.9. The normalized spacial score (nSPS) is 24.2. The number of halogens is 3. The highest BCUT2D eigenvalue weighted by Crippen LogP contribution is 2.51. The average molecular weight is 222 g/mol. The van der Waals surface area contributed by atoms with Gasteiger partial charge >= 0.3 is 6.18 Å². The van der Waals surface area contributed by atoms with E-state index in [-0.39, 0.29) is 5.92 Å². The second-order valence-electron chi connectivity index (χ2n) is 5.48. The van der Waals surface area contributed by atoms with E-state index in [2.05, 4.69) is 0 Å². The molecule has 0 aromatic carbocycles. The summed E-state index contributed by atoms with van der Waals surface area (Å²) in [6, 6.07) is 0. The lowest BCUT2D eigenvalue weighted by molar-refractivity contribution is -0.223. The van der Waals surface area contributed by atoms with Crippen molar-refractivity contribution in [1.29, 1.82) is 0 Å². The third-order valence-corrected chi connectivity index (χ3v) is 3.77. The SMILES string of the molecule is CC(C)C(C(F)(F)F)C1(C)CCCCC1. The Morgan fingerprint density at radius 1 is 1.00 bits per heavy atom. The van der Waals surface area contributed by atoms with Crippen molar-refractivity contribution >= 4 is 0 Å². The molecule has 1 saturated carbocycles. The van der Waals surface area contributed by atoms with Crippen LogP contribution in [0.4, 0.5) is 13.2 Å². The van der Waals surface area contributed by atoms with Crippen LogP contribution in [0.25, 0.3) is 0 Å². The highest BCUT2D eigenvalue weighted by atomic mass is 19.4. The van der Waals surface area contributed by atoms with E-state index in [1.54, 1.807) is 13.8 Å². The summed E-state index contributed by atoms with van der Waals surface area (Å²) in [5.41, 5.74) is -0.523. The van der Waals surface area contributed by atoms with Crippen LogP contribution in [0.15, 0.2) is 0 Å². The van der Waals surface area contributed by atoms with Gasteiger partial charge in [0.25, 0.3) is 0 Å². The van der Waals surface area contributed by atoms with Gasteiger partial charge in [-0.25, -0.2) is 0 Å². The molecule has 0 aliphatic heterocycles. The molecule has 15 heavy (non-hydrogen) atoms. The van der Waals surface area contributed by atoms with E-state index in [1.165, 1.54) is 0 Å². The molecule has 1 unspecified atom stereocenters. The minimum atomic E-state index is -4.04. The second kappa shape index (κ2) is 4.34. The molecule has 0 radical (unpaired) electrons. The monoisotopic (exact) mass is 222 g/mol. The molecule has 0 heterocycles. The van der Waals surface area contributed by atoms with Gasteiger partial charge in [-0.1, -0.05) is 40.0 Å². The molecular formula is C12H21F3. The molecule has 1 atom stereocenters. The van der Waals surface area contributed by atoms with Gasteiger partial charge in [0.05, 0.1) is 5.92 Å². The Hall–Kier alpha value is -0.210. The summed E-state index contributed by atoms with van der Waals surface area (Å²) >= 11 is 0. The minimum absolute atomic E-state index is 0.312. The number of hydrogen-bond donors (Lipinski definition) is 0. The van der Waals surface area contributed by atoms with E-state index < -0.39 is 17.5 Å². The van der Waals surface area contributed by atoms with Gasteiger partial charge in [0.15, 0.2) is 0 Å². The summed E-state index contributed by atoms with van der Waals surface area (Å²) in [5.74, 6) is -1.45. The summed E-state index contributed by atoms with van der Waals surface area (Å²) in [6.45, 7) is 5.21. The third-order valence-electron chi connectivity index (χ3n) is 3.77. The molecule has 0 aromatic heterocycles. The van der Waals surface area contributed by atoms with Crippen LogP contribution in [0, 0.1) is 17.3 Å². The van der Waals surface area contributed by atoms with Crippen LogP contribution in [0.3, 0.4) is 0 Å². The predicted octanol–water partition coefficient (Wildman–Crippen LogP) is 4.79. The maximum absolute atomic E-state index is 13.0. The van der Waals surface area contributed by atoms with Crippen LogP contribution < -0.4 is 0 Å². The molecule has 1 aliphatic rings. The molecule has 0 spiro atoms. The minimum Gasteiger partial charge on any atom is -0.171 e. The quantitative estimate of drug-likeness (QED) is 0.630. The molecule has 3 heteroatoms. The van der Waals surface area contributed by atoms with Gasteiger partial charge in [-0.15, -0.1) is 0 Å². The lowest BCUT2D eigenvalue weighted by Gasteiger charge is -2.43. The van der Waals surface area contributed by atoms with Crippen LogP contribution in [0.1, 0.15) is 52.9 Å². The van der Waals surface area contributed by atoms with E-state index >= 15 is 0 Å². The summed E-state index contributed by atoms with van der Waals surface area (Å²) in [4.78, 5) is 0. The zero-order valence-corrected chi connectivity index (χ0v) is 9.82. The van der Waals surface area contributed by atoms with Crippen molar-refractivity contribution in [2.75, 3.05) is 0 Å². The lowest BCUT2D eigenvalue weighted by Crippen LogP contribution is -2.42. The molecule has 0 nitrogen and oxygen atoms in total. The first-order valence-corrected chi connectivity index (χ1v) is 5.84. The lowest BCUT2D eigenvalue weighted by atomic mass is 9.63. The number of hydrogen-bond acceptors (Lipinski definition) is 0. The van der Waals surface area contributed by atoms with Crippen molar-refractivity contribution in [1.82, 2.24) is 0 Å². The number of alkyl halides is 3. The van der Waals surface area contributed by atoms with Gasteiger partial charge < -0.3 is 0 Å². The third kappa shape index (κ3) is 2.88. The Bertz CT molecular complexity index is 199. The number of rotatable bonds is 2. The Kier molecular flexibility index (Phi) is 3.72. The van der Waals surface area contributed by atoms with Gasteiger partial charge in [0.1, 0.15) is 0 Å². The molecule has 1 aliphatic carbocycles. The van der Waals surface area contributed by atoms with Gasteiger partial charge in [0, 0.05) is 0 Å². The molecule has 90 valence electrons. The van der Waals surface area contributed by atoms with Gasteiger partial charge in [0.2, 0.25) is 0 Å². The van der Waals surface area contributed by atoms with Crippen LogP contribution >= 0.6 is 0 Å². The zero-order chi connectivity index (χ0) is 11.7. The van der Waals surface area contributed by atoms with Crippen molar-refractivity contribution in [3.8, 4) is 0 Å². The van der Waals surface area contributed by atoms with E-state index in [1.807, 2.05) is 6.92 Å². The molecule has 0 aromatic rings. The van der Waals surface area contributed by atoms with Gasteiger partial charge in [-0.2, -0.15) is 13.2 Å². The van der Waals surface area contributed by atoms with Crippen molar-refractivity contribution in [3.63, 3.8) is 0 Å². The molecule has 0 N–H and O–H groups in total. The van der Waals surface area contributed by atoms with E-state index in [4.69, 9.17) is 0 Å².